The number of anilines is 2. The van der Waals surface area contributed by atoms with Gasteiger partial charge >= 0.3 is 0 Å². The van der Waals surface area contributed by atoms with E-state index in [1.54, 1.807) is 37.4 Å². The Morgan fingerprint density at radius 1 is 1.15 bits per heavy atom. The van der Waals surface area contributed by atoms with Gasteiger partial charge in [0.05, 0.1) is 12.8 Å². The summed E-state index contributed by atoms with van der Waals surface area (Å²) in [6.45, 7) is 0. The molecule has 4 nitrogen and oxygen atoms in total. The molecular weight excluding hydrogens is 388 g/mol. The molecule has 0 heterocycles. The zero-order valence-corrected chi connectivity index (χ0v) is 13.8. The molecule has 2 aromatic carbocycles. The maximum atomic E-state index is 12.2. The number of ether oxygens (including phenoxy) is 1. The van der Waals surface area contributed by atoms with Crippen LogP contribution < -0.4 is 15.8 Å². The molecule has 2 rings (SSSR count). The molecule has 0 unspecified atom stereocenters. The Balaban J connectivity index is 2.21. The molecule has 20 heavy (non-hydrogen) atoms. The van der Waals surface area contributed by atoms with E-state index in [2.05, 4.69) is 37.2 Å². The van der Waals surface area contributed by atoms with E-state index >= 15 is 0 Å². The number of nitrogen functional groups attached to an aromatic ring is 1. The van der Waals surface area contributed by atoms with Crippen LogP contribution in [0.3, 0.4) is 0 Å². The van der Waals surface area contributed by atoms with Gasteiger partial charge < -0.3 is 15.8 Å². The minimum absolute atomic E-state index is 0.212. The number of hydrogen-bond donors (Lipinski definition) is 2. The molecule has 1 amide bonds. The third kappa shape index (κ3) is 3.52. The van der Waals surface area contributed by atoms with Gasteiger partial charge in [-0.1, -0.05) is 31.9 Å². The van der Waals surface area contributed by atoms with E-state index in [1.165, 1.54) is 0 Å². The van der Waals surface area contributed by atoms with Gasteiger partial charge in [-0.25, -0.2) is 0 Å². The van der Waals surface area contributed by atoms with Crippen LogP contribution >= 0.6 is 31.9 Å². The van der Waals surface area contributed by atoms with Gasteiger partial charge in [0.1, 0.15) is 5.75 Å². The van der Waals surface area contributed by atoms with Gasteiger partial charge in [-0.05, 0) is 36.4 Å². The summed E-state index contributed by atoms with van der Waals surface area (Å²) in [6, 6.07) is 10.5. The third-order valence-electron chi connectivity index (χ3n) is 2.61. The lowest BCUT2D eigenvalue weighted by Crippen LogP contribution is -2.12. The summed E-state index contributed by atoms with van der Waals surface area (Å²) in [7, 11) is 1.54. The fraction of sp³-hybridized carbons (Fsp3) is 0.0714. The van der Waals surface area contributed by atoms with Crippen molar-refractivity contribution in [2.24, 2.45) is 0 Å². The van der Waals surface area contributed by atoms with Gasteiger partial charge in [0.25, 0.3) is 5.91 Å². The van der Waals surface area contributed by atoms with Crippen molar-refractivity contribution < 1.29 is 9.53 Å². The van der Waals surface area contributed by atoms with Crippen LogP contribution in [0.4, 0.5) is 11.4 Å². The highest BCUT2D eigenvalue weighted by molar-refractivity contribution is 9.11. The molecule has 0 atom stereocenters. The molecule has 0 saturated carbocycles. The first kappa shape index (κ1) is 14.9. The van der Waals surface area contributed by atoms with Crippen LogP contribution in [0.15, 0.2) is 45.3 Å². The maximum Gasteiger partial charge on any atom is 0.255 e. The number of carbonyl (C=O) groups is 1. The van der Waals surface area contributed by atoms with Gasteiger partial charge in [0, 0.05) is 20.2 Å². The second-order valence-electron chi connectivity index (χ2n) is 4.07. The SMILES string of the molecule is COc1ccc(NC(=O)c2cc(Br)cc(Br)c2)cc1N. The monoisotopic (exact) mass is 398 g/mol. The lowest BCUT2D eigenvalue weighted by Gasteiger charge is -2.09. The molecule has 0 saturated heterocycles. The number of nitrogens with one attached hydrogen (secondary N) is 1. The topological polar surface area (TPSA) is 64.3 Å². The van der Waals surface area contributed by atoms with Crippen LogP contribution in [0.5, 0.6) is 5.75 Å². The Morgan fingerprint density at radius 2 is 1.80 bits per heavy atom. The number of amides is 1. The molecule has 6 heteroatoms. The highest BCUT2D eigenvalue weighted by Crippen LogP contribution is 2.25. The summed E-state index contributed by atoms with van der Waals surface area (Å²) < 4.78 is 6.72. The van der Waals surface area contributed by atoms with E-state index < -0.39 is 0 Å². The summed E-state index contributed by atoms with van der Waals surface area (Å²) in [5, 5.41) is 2.79. The lowest BCUT2D eigenvalue weighted by atomic mass is 10.2. The quantitative estimate of drug-likeness (QED) is 0.765. The molecule has 0 aromatic heterocycles. The summed E-state index contributed by atoms with van der Waals surface area (Å²) in [4.78, 5) is 12.2. The van der Waals surface area contributed by atoms with Crippen molar-refractivity contribution >= 4 is 49.1 Å². The van der Waals surface area contributed by atoms with Gasteiger partial charge in [0.15, 0.2) is 0 Å². The van der Waals surface area contributed by atoms with E-state index in [1.807, 2.05) is 6.07 Å². The molecule has 104 valence electrons. The van der Waals surface area contributed by atoms with E-state index in [4.69, 9.17) is 10.5 Å². The second kappa shape index (κ2) is 6.28. The molecule has 0 aliphatic carbocycles. The molecule has 0 bridgehead atoms. The summed E-state index contributed by atoms with van der Waals surface area (Å²) in [6.07, 6.45) is 0. The van der Waals surface area contributed by atoms with Gasteiger partial charge in [-0.2, -0.15) is 0 Å². The number of methoxy groups -OCH3 is 1. The summed E-state index contributed by atoms with van der Waals surface area (Å²) >= 11 is 6.70. The second-order valence-corrected chi connectivity index (χ2v) is 5.90. The minimum atomic E-state index is -0.212. The van der Waals surface area contributed by atoms with Crippen LogP contribution in [-0.2, 0) is 0 Å². The smallest absolute Gasteiger partial charge is 0.255 e. The van der Waals surface area contributed by atoms with Crippen molar-refractivity contribution in [2.45, 2.75) is 0 Å². The lowest BCUT2D eigenvalue weighted by molar-refractivity contribution is 0.102. The standard InChI is InChI=1S/C14H12Br2N2O2/c1-20-13-3-2-11(7-12(13)17)18-14(19)8-4-9(15)6-10(16)5-8/h2-7H,17H2,1H3,(H,18,19). The van der Waals surface area contributed by atoms with E-state index in [0.29, 0.717) is 22.7 Å². The van der Waals surface area contributed by atoms with Crippen molar-refractivity contribution in [3.63, 3.8) is 0 Å². The zero-order chi connectivity index (χ0) is 14.7. The van der Waals surface area contributed by atoms with Crippen LogP contribution in [0.2, 0.25) is 0 Å². The molecule has 2 aromatic rings. The first-order valence-electron chi connectivity index (χ1n) is 5.70. The number of hydrogen-bond acceptors (Lipinski definition) is 3. The molecule has 0 radical (unpaired) electrons. The number of rotatable bonds is 3. The van der Waals surface area contributed by atoms with Gasteiger partial charge in [-0.3, -0.25) is 4.79 Å². The average molecular weight is 400 g/mol. The first-order valence-corrected chi connectivity index (χ1v) is 7.29. The molecular formula is C14H12Br2N2O2. The number of benzene rings is 2. The van der Waals surface area contributed by atoms with Gasteiger partial charge in [-0.15, -0.1) is 0 Å². The van der Waals surface area contributed by atoms with Crippen molar-refractivity contribution in [3.8, 4) is 5.75 Å². The molecule has 3 N–H and O–H groups in total. The van der Waals surface area contributed by atoms with Crippen LogP contribution in [0.1, 0.15) is 10.4 Å². The predicted octanol–water partition coefficient (Wildman–Crippen LogP) is 4.05. The van der Waals surface area contributed by atoms with Gasteiger partial charge in [0.2, 0.25) is 0 Å². The van der Waals surface area contributed by atoms with Crippen molar-refractivity contribution in [1.29, 1.82) is 0 Å². The highest BCUT2D eigenvalue weighted by atomic mass is 79.9. The van der Waals surface area contributed by atoms with Crippen LogP contribution in [0.25, 0.3) is 0 Å². The molecule has 0 aliphatic heterocycles. The Morgan fingerprint density at radius 3 is 2.35 bits per heavy atom. The Labute approximate surface area is 133 Å². The van der Waals surface area contributed by atoms with Crippen LogP contribution in [0, 0.1) is 0 Å². The Bertz CT molecular complexity index is 639. The zero-order valence-electron chi connectivity index (χ0n) is 10.6. The largest absolute Gasteiger partial charge is 0.495 e. The van der Waals surface area contributed by atoms with E-state index in [-0.39, 0.29) is 5.91 Å². The molecule has 0 fully saturated rings. The third-order valence-corrected chi connectivity index (χ3v) is 3.53. The molecule has 0 spiro atoms. The highest BCUT2D eigenvalue weighted by Gasteiger charge is 2.09. The number of halogens is 2. The number of carbonyl (C=O) groups excluding carboxylic acids is 1. The first-order chi connectivity index (χ1) is 9.49. The Kier molecular flexibility index (Phi) is 4.67. The van der Waals surface area contributed by atoms with E-state index in [0.717, 1.165) is 8.95 Å². The molecule has 0 aliphatic rings. The normalized spacial score (nSPS) is 10.2. The predicted molar refractivity (Wildman–Crippen MR) is 87.2 cm³/mol. The fourth-order valence-corrected chi connectivity index (χ4v) is 2.99. The minimum Gasteiger partial charge on any atom is -0.495 e. The van der Waals surface area contributed by atoms with E-state index in [9.17, 15) is 4.79 Å². The average Bonchev–Trinajstić information content (AvgIpc) is 2.37. The van der Waals surface area contributed by atoms with Crippen molar-refractivity contribution in [1.82, 2.24) is 0 Å². The van der Waals surface area contributed by atoms with Crippen LogP contribution in [-0.4, -0.2) is 13.0 Å². The Hall–Kier alpha value is -1.53. The van der Waals surface area contributed by atoms with Crippen molar-refractivity contribution in [3.05, 3.63) is 50.9 Å². The summed E-state index contributed by atoms with van der Waals surface area (Å²) in [5.41, 5.74) is 7.43. The van der Waals surface area contributed by atoms with Crippen molar-refractivity contribution in [2.75, 3.05) is 18.2 Å². The number of nitrogens with two attached hydrogens (primary N) is 1. The fourth-order valence-electron chi connectivity index (χ4n) is 1.70. The summed E-state index contributed by atoms with van der Waals surface area (Å²) in [5.74, 6) is 0.366. The maximum absolute atomic E-state index is 12.2.